The molecule has 0 atom stereocenters. The van der Waals surface area contributed by atoms with Crippen LogP contribution in [-0.2, 0) is 12.4 Å². The van der Waals surface area contributed by atoms with Gasteiger partial charge in [0.05, 0.1) is 11.1 Å². The van der Waals surface area contributed by atoms with E-state index >= 15 is 0 Å². The van der Waals surface area contributed by atoms with E-state index in [1.807, 2.05) is 48.5 Å². The van der Waals surface area contributed by atoms with Crippen molar-refractivity contribution >= 4 is 0 Å². The third-order valence-corrected chi connectivity index (χ3v) is 6.41. The number of fused-ring (bicyclic) bond motifs is 3. The van der Waals surface area contributed by atoms with Crippen molar-refractivity contribution in [1.82, 2.24) is 0 Å². The van der Waals surface area contributed by atoms with E-state index in [1.54, 1.807) is 0 Å². The van der Waals surface area contributed by atoms with Gasteiger partial charge >= 0.3 is 12.4 Å². The van der Waals surface area contributed by atoms with Gasteiger partial charge < -0.3 is 0 Å². The highest BCUT2D eigenvalue weighted by molar-refractivity contribution is 5.79. The smallest absolute Gasteiger partial charge is 0.166 e. The lowest BCUT2D eigenvalue weighted by Gasteiger charge is -2.27. The van der Waals surface area contributed by atoms with Crippen molar-refractivity contribution in [2.24, 2.45) is 0 Å². The Morgan fingerprint density at radius 2 is 0.824 bits per heavy atom. The Balaban J connectivity index is 1.69. The van der Waals surface area contributed by atoms with Crippen molar-refractivity contribution in [3.63, 3.8) is 0 Å². The minimum atomic E-state index is -4.48. The number of alkyl halides is 6. The normalized spacial score (nSPS) is 13.7. The first-order valence-electron chi connectivity index (χ1n) is 10.7. The van der Waals surface area contributed by atoms with Crippen molar-refractivity contribution in [3.8, 4) is 11.1 Å². The average molecular weight is 468 g/mol. The van der Waals surface area contributed by atoms with Gasteiger partial charge in [-0.2, -0.15) is 26.3 Å². The molecule has 0 fully saturated rings. The zero-order valence-corrected chi connectivity index (χ0v) is 17.7. The maximum Gasteiger partial charge on any atom is 0.416 e. The summed E-state index contributed by atoms with van der Waals surface area (Å²) in [6.45, 7) is 0. The fourth-order valence-corrected chi connectivity index (χ4v) is 4.89. The SMILES string of the molecule is FC(F)(F)c1ccc(C(c2ccc(C(F)(F)F)cc2)C2c3ccccc3-c3ccccc32)cc1. The molecule has 0 N–H and O–H groups in total. The Bertz CT molecular complexity index is 1210. The summed E-state index contributed by atoms with van der Waals surface area (Å²) < 4.78 is 79.1. The van der Waals surface area contributed by atoms with Gasteiger partial charge in [-0.3, -0.25) is 0 Å². The Morgan fingerprint density at radius 1 is 0.471 bits per heavy atom. The molecule has 172 valence electrons. The predicted octanol–water partition coefficient (Wildman–Crippen LogP) is 8.67. The first-order valence-corrected chi connectivity index (χ1v) is 10.7. The van der Waals surface area contributed by atoms with Crippen LogP contribution in [0.3, 0.4) is 0 Å². The molecule has 0 aromatic heterocycles. The standard InChI is InChI=1S/C28H18F6/c29-27(30,31)19-13-9-17(10-14-19)25(18-11-15-20(16-12-18)28(32,33)34)26-23-7-3-1-5-21(23)22-6-2-4-8-24(22)26/h1-16,25-26H. The number of hydrogen-bond donors (Lipinski definition) is 0. The lowest BCUT2D eigenvalue weighted by molar-refractivity contribution is -0.138. The largest absolute Gasteiger partial charge is 0.416 e. The highest BCUT2D eigenvalue weighted by Crippen LogP contribution is 2.53. The second-order valence-electron chi connectivity index (χ2n) is 8.37. The van der Waals surface area contributed by atoms with Crippen molar-refractivity contribution in [2.45, 2.75) is 24.2 Å². The van der Waals surface area contributed by atoms with E-state index < -0.39 is 29.4 Å². The van der Waals surface area contributed by atoms with Gasteiger partial charge in [0.15, 0.2) is 0 Å². The van der Waals surface area contributed by atoms with Gasteiger partial charge in [0, 0.05) is 11.8 Å². The second-order valence-corrected chi connectivity index (χ2v) is 8.37. The van der Waals surface area contributed by atoms with E-state index in [-0.39, 0.29) is 5.92 Å². The Kier molecular flexibility index (Phi) is 5.27. The van der Waals surface area contributed by atoms with Crippen LogP contribution in [0.1, 0.15) is 45.2 Å². The summed E-state index contributed by atoms with van der Waals surface area (Å²) in [7, 11) is 0. The molecule has 0 saturated carbocycles. The van der Waals surface area contributed by atoms with Crippen molar-refractivity contribution < 1.29 is 26.3 Å². The van der Waals surface area contributed by atoms with Gasteiger partial charge in [-0.1, -0.05) is 72.8 Å². The monoisotopic (exact) mass is 468 g/mol. The molecular weight excluding hydrogens is 450 g/mol. The summed E-state index contributed by atoms with van der Waals surface area (Å²) in [5.41, 5.74) is 3.69. The van der Waals surface area contributed by atoms with Gasteiger partial charge in [-0.05, 0) is 57.6 Å². The molecule has 0 spiro atoms. The lowest BCUT2D eigenvalue weighted by Crippen LogP contribution is -2.14. The van der Waals surface area contributed by atoms with E-state index in [1.165, 1.54) is 24.3 Å². The van der Waals surface area contributed by atoms with Crippen molar-refractivity contribution in [2.75, 3.05) is 0 Å². The summed E-state index contributed by atoms with van der Waals surface area (Å²) in [6.07, 6.45) is -8.95. The minimum absolute atomic E-state index is 0.263. The lowest BCUT2D eigenvalue weighted by atomic mass is 9.75. The molecule has 0 heterocycles. The van der Waals surface area contributed by atoms with Crippen LogP contribution in [0.2, 0.25) is 0 Å². The zero-order chi connectivity index (χ0) is 24.1. The molecule has 0 unspecified atom stereocenters. The minimum Gasteiger partial charge on any atom is -0.166 e. The van der Waals surface area contributed by atoms with Gasteiger partial charge in [0.1, 0.15) is 0 Å². The molecule has 0 amide bonds. The van der Waals surface area contributed by atoms with Crippen LogP contribution in [-0.4, -0.2) is 0 Å². The van der Waals surface area contributed by atoms with Crippen LogP contribution in [0.25, 0.3) is 11.1 Å². The van der Waals surface area contributed by atoms with Gasteiger partial charge in [0.2, 0.25) is 0 Å². The molecule has 0 saturated heterocycles. The van der Waals surface area contributed by atoms with Gasteiger partial charge in [-0.25, -0.2) is 0 Å². The summed E-state index contributed by atoms with van der Waals surface area (Å²) in [5.74, 6) is -0.741. The molecule has 4 aromatic rings. The first-order chi connectivity index (χ1) is 16.1. The quantitative estimate of drug-likeness (QED) is 0.264. The zero-order valence-electron chi connectivity index (χ0n) is 17.7. The summed E-state index contributed by atoms with van der Waals surface area (Å²) in [5, 5.41) is 0. The molecular formula is C28H18F6. The number of rotatable bonds is 3. The topological polar surface area (TPSA) is 0 Å². The maximum atomic E-state index is 13.2. The molecule has 34 heavy (non-hydrogen) atoms. The molecule has 1 aliphatic carbocycles. The Morgan fingerprint density at radius 3 is 1.18 bits per heavy atom. The molecule has 1 aliphatic rings. The van der Waals surface area contributed by atoms with Gasteiger partial charge in [0.25, 0.3) is 0 Å². The van der Waals surface area contributed by atoms with Crippen molar-refractivity contribution in [1.29, 1.82) is 0 Å². The second kappa shape index (κ2) is 8.05. The highest BCUT2D eigenvalue weighted by Gasteiger charge is 2.37. The first kappa shape index (κ1) is 22.3. The molecule has 4 aromatic carbocycles. The summed E-state index contributed by atoms with van der Waals surface area (Å²) >= 11 is 0. The summed E-state index contributed by atoms with van der Waals surface area (Å²) in [6, 6.07) is 25.4. The number of benzene rings is 4. The molecule has 0 nitrogen and oxygen atoms in total. The van der Waals surface area contributed by atoms with E-state index in [9.17, 15) is 26.3 Å². The van der Waals surface area contributed by atoms with Crippen LogP contribution >= 0.6 is 0 Å². The van der Waals surface area contributed by atoms with Crippen LogP contribution in [0.4, 0.5) is 26.3 Å². The van der Waals surface area contributed by atoms with E-state index in [2.05, 4.69) is 0 Å². The van der Waals surface area contributed by atoms with Crippen LogP contribution in [0.5, 0.6) is 0 Å². The van der Waals surface area contributed by atoms with E-state index in [4.69, 9.17) is 0 Å². The third kappa shape index (κ3) is 3.87. The third-order valence-electron chi connectivity index (χ3n) is 6.41. The van der Waals surface area contributed by atoms with Gasteiger partial charge in [-0.15, -0.1) is 0 Å². The highest BCUT2D eigenvalue weighted by atomic mass is 19.4. The van der Waals surface area contributed by atoms with Crippen LogP contribution in [0.15, 0.2) is 97.1 Å². The predicted molar refractivity (Wildman–Crippen MR) is 118 cm³/mol. The Labute approximate surface area is 192 Å². The average Bonchev–Trinajstić information content (AvgIpc) is 3.14. The molecule has 6 heteroatoms. The Hall–Kier alpha value is -3.54. The molecule has 0 bridgehead atoms. The fourth-order valence-electron chi connectivity index (χ4n) is 4.89. The van der Waals surface area contributed by atoms with E-state index in [0.29, 0.717) is 11.1 Å². The van der Waals surface area contributed by atoms with Crippen LogP contribution in [0, 0.1) is 0 Å². The van der Waals surface area contributed by atoms with Crippen molar-refractivity contribution in [3.05, 3.63) is 130 Å². The van der Waals surface area contributed by atoms with Crippen LogP contribution < -0.4 is 0 Å². The molecule has 0 radical (unpaired) electrons. The summed E-state index contributed by atoms with van der Waals surface area (Å²) in [4.78, 5) is 0. The number of hydrogen-bond acceptors (Lipinski definition) is 0. The number of halogens is 6. The molecule has 0 aliphatic heterocycles. The fraction of sp³-hybridized carbons (Fsp3) is 0.143. The maximum absolute atomic E-state index is 13.2. The molecule has 5 rings (SSSR count). The van der Waals surface area contributed by atoms with E-state index in [0.717, 1.165) is 46.5 Å².